The van der Waals surface area contributed by atoms with Crippen LogP contribution < -0.4 is 15.4 Å². The van der Waals surface area contributed by atoms with Crippen LogP contribution in [0.25, 0.3) is 5.69 Å². The van der Waals surface area contributed by atoms with Crippen LogP contribution in [0, 0.1) is 0 Å². The monoisotopic (exact) mass is 367 g/mol. The normalized spacial score (nSPS) is 10.4. The van der Waals surface area contributed by atoms with Crippen molar-refractivity contribution in [3.63, 3.8) is 0 Å². The van der Waals surface area contributed by atoms with Gasteiger partial charge >= 0.3 is 6.03 Å². The predicted octanol–water partition coefficient (Wildman–Crippen LogP) is 2.61. The molecule has 2 heterocycles. The van der Waals surface area contributed by atoms with Crippen LogP contribution in [0.2, 0.25) is 0 Å². The Labute approximate surface area is 157 Å². The van der Waals surface area contributed by atoms with Crippen LogP contribution in [-0.2, 0) is 11.3 Å². The van der Waals surface area contributed by atoms with Crippen LogP contribution in [0.4, 0.5) is 10.5 Å². The molecule has 3 rings (SSSR count). The fraction of sp³-hybridized carbons (Fsp3) is 0.211. The van der Waals surface area contributed by atoms with Crippen molar-refractivity contribution in [3.8, 4) is 11.6 Å². The summed E-state index contributed by atoms with van der Waals surface area (Å²) >= 11 is 0. The van der Waals surface area contributed by atoms with E-state index in [0.29, 0.717) is 31.3 Å². The molecule has 0 saturated heterocycles. The van der Waals surface area contributed by atoms with Crippen LogP contribution in [0.5, 0.6) is 5.88 Å². The minimum atomic E-state index is -0.322. The second-order valence-corrected chi connectivity index (χ2v) is 5.66. The number of urea groups is 1. The number of nitrogens with zero attached hydrogens (tertiary/aromatic N) is 3. The maximum Gasteiger partial charge on any atom is 0.319 e. The van der Waals surface area contributed by atoms with Gasteiger partial charge in [-0.15, -0.1) is 0 Å². The Morgan fingerprint density at radius 2 is 1.96 bits per heavy atom. The number of methoxy groups -OCH3 is 1. The van der Waals surface area contributed by atoms with Gasteiger partial charge in [-0.05, 0) is 18.2 Å². The van der Waals surface area contributed by atoms with Gasteiger partial charge in [-0.1, -0.05) is 18.2 Å². The van der Waals surface area contributed by atoms with Crippen LogP contribution in [0.1, 0.15) is 5.56 Å². The van der Waals surface area contributed by atoms with Crippen LogP contribution in [0.3, 0.4) is 0 Å². The number of carbonyl (C=O) groups is 1. The summed E-state index contributed by atoms with van der Waals surface area (Å²) in [6, 6.07) is 12.9. The van der Waals surface area contributed by atoms with Gasteiger partial charge in [0.15, 0.2) is 0 Å². The lowest BCUT2D eigenvalue weighted by Gasteiger charge is -2.08. The molecule has 0 atom stereocenters. The molecule has 2 aromatic heterocycles. The molecule has 8 heteroatoms. The first-order valence-corrected chi connectivity index (χ1v) is 8.46. The number of amides is 2. The standard InChI is InChI=1S/C19H21N5O3/c1-26-9-10-27-18-8-7-16(13-20-18)23-19(25)21-11-15-12-22-24(14-15)17-5-3-2-4-6-17/h2-8,12-14H,9-11H2,1H3,(H2,21,23,25). The van der Waals surface area contributed by atoms with Gasteiger partial charge in [0.1, 0.15) is 6.61 Å². The lowest BCUT2D eigenvalue weighted by Crippen LogP contribution is -2.28. The Kier molecular flexibility index (Phi) is 6.37. The van der Waals surface area contributed by atoms with Crippen molar-refractivity contribution in [1.82, 2.24) is 20.1 Å². The highest BCUT2D eigenvalue weighted by Crippen LogP contribution is 2.12. The molecule has 0 aliphatic rings. The number of rotatable bonds is 8. The minimum absolute atomic E-state index is 0.322. The number of anilines is 1. The molecule has 2 N–H and O–H groups in total. The van der Waals surface area contributed by atoms with Crippen molar-refractivity contribution in [1.29, 1.82) is 0 Å². The number of carbonyl (C=O) groups excluding carboxylic acids is 1. The Morgan fingerprint density at radius 1 is 1.11 bits per heavy atom. The third-order valence-electron chi connectivity index (χ3n) is 3.64. The number of pyridine rings is 1. The Balaban J connectivity index is 1.46. The maximum absolute atomic E-state index is 12.0. The van der Waals surface area contributed by atoms with E-state index in [9.17, 15) is 4.79 Å². The number of hydrogen-bond acceptors (Lipinski definition) is 5. The zero-order valence-electron chi connectivity index (χ0n) is 15.0. The summed E-state index contributed by atoms with van der Waals surface area (Å²) in [6.07, 6.45) is 5.14. The molecular weight excluding hydrogens is 346 g/mol. The first kappa shape index (κ1) is 18.4. The van der Waals surface area contributed by atoms with Gasteiger partial charge < -0.3 is 20.1 Å². The highest BCUT2D eigenvalue weighted by Gasteiger charge is 2.05. The lowest BCUT2D eigenvalue weighted by atomic mass is 10.3. The van der Waals surface area contributed by atoms with Gasteiger partial charge in [-0.3, -0.25) is 0 Å². The summed E-state index contributed by atoms with van der Waals surface area (Å²) in [5.41, 5.74) is 2.44. The zero-order chi connectivity index (χ0) is 18.9. The SMILES string of the molecule is COCCOc1ccc(NC(=O)NCc2cnn(-c3ccccc3)c2)cn1. The van der Waals surface area contributed by atoms with Gasteiger partial charge in [-0.2, -0.15) is 5.10 Å². The third-order valence-corrected chi connectivity index (χ3v) is 3.64. The number of ether oxygens (including phenoxy) is 2. The van der Waals surface area contributed by atoms with Crippen molar-refractivity contribution in [3.05, 3.63) is 66.6 Å². The highest BCUT2D eigenvalue weighted by atomic mass is 16.5. The summed E-state index contributed by atoms with van der Waals surface area (Å²) < 4.78 is 12.0. The van der Waals surface area contributed by atoms with Gasteiger partial charge in [-0.25, -0.2) is 14.5 Å². The summed E-state index contributed by atoms with van der Waals surface area (Å²) in [6.45, 7) is 1.28. The van der Waals surface area contributed by atoms with Crippen LogP contribution in [0.15, 0.2) is 61.1 Å². The van der Waals surface area contributed by atoms with Crippen LogP contribution >= 0.6 is 0 Å². The van der Waals surface area contributed by atoms with E-state index < -0.39 is 0 Å². The van der Waals surface area contributed by atoms with Gasteiger partial charge in [0.05, 0.1) is 30.4 Å². The number of para-hydroxylation sites is 1. The van der Waals surface area contributed by atoms with E-state index in [-0.39, 0.29) is 6.03 Å². The van der Waals surface area contributed by atoms with Crippen LogP contribution in [-0.4, -0.2) is 41.1 Å². The van der Waals surface area contributed by atoms with Gasteiger partial charge in [0, 0.05) is 31.5 Å². The summed E-state index contributed by atoms with van der Waals surface area (Å²) in [5.74, 6) is 0.478. The minimum Gasteiger partial charge on any atom is -0.475 e. The first-order valence-electron chi connectivity index (χ1n) is 8.46. The summed E-state index contributed by atoms with van der Waals surface area (Å²) in [5, 5.41) is 9.82. The molecule has 2 amide bonds. The average molecular weight is 367 g/mol. The topological polar surface area (TPSA) is 90.3 Å². The Bertz CT molecular complexity index is 849. The Morgan fingerprint density at radius 3 is 2.70 bits per heavy atom. The molecule has 1 aromatic carbocycles. The summed E-state index contributed by atoms with van der Waals surface area (Å²) in [4.78, 5) is 16.2. The first-order chi connectivity index (χ1) is 13.2. The molecule has 0 saturated carbocycles. The molecule has 3 aromatic rings. The van der Waals surface area contributed by atoms with Crippen molar-refractivity contribution < 1.29 is 14.3 Å². The number of nitrogens with one attached hydrogen (secondary N) is 2. The highest BCUT2D eigenvalue weighted by molar-refractivity contribution is 5.88. The fourth-order valence-corrected chi connectivity index (χ4v) is 2.30. The zero-order valence-corrected chi connectivity index (χ0v) is 15.0. The van der Waals surface area contributed by atoms with Gasteiger partial charge in [0.25, 0.3) is 0 Å². The number of benzene rings is 1. The van der Waals surface area contributed by atoms with E-state index in [2.05, 4.69) is 20.7 Å². The van der Waals surface area contributed by atoms with E-state index >= 15 is 0 Å². The smallest absolute Gasteiger partial charge is 0.319 e. The Hall–Kier alpha value is -3.39. The van der Waals surface area contributed by atoms with Crippen molar-refractivity contribution >= 4 is 11.7 Å². The number of aromatic nitrogens is 3. The molecule has 0 radical (unpaired) electrons. The van der Waals surface area contributed by atoms with Gasteiger partial charge in [0.2, 0.25) is 5.88 Å². The second kappa shape index (κ2) is 9.35. The average Bonchev–Trinajstić information content (AvgIpc) is 3.18. The largest absolute Gasteiger partial charge is 0.475 e. The molecule has 0 unspecified atom stereocenters. The maximum atomic E-state index is 12.0. The van der Waals surface area contributed by atoms with Crippen molar-refractivity contribution in [2.45, 2.75) is 6.54 Å². The molecule has 0 aliphatic heterocycles. The fourth-order valence-electron chi connectivity index (χ4n) is 2.30. The van der Waals surface area contributed by atoms with Crippen molar-refractivity contribution in [2.75, 3.05) is 25.6 Å². The summed E-state index contributed by atoms with van der Waals surface area (Å²) in [7, 11) is 1.61. The molecule has 0 spiro atoms. The lowest BCUT2D eigenvalue weighted by molar-refractivity contribution is 0.144. The number of hydrogen-bond donors (Lipinski definition) is 2. The predicted molar refractivity (Wildman–Crippen MR) is 101 cm³/mol. The molecule has 27 heavy (non-hydrogen) atoms. The molecule has 0 fully saturated rings. The van der Waals surface area contributed by atoms with E-state index in [0.717, 1.165) is 11.3 Å². The molecule has 0 bridgehead atoms. The molecule has 0 aliphatic carbocycles. The van der Waals surface area contributed by atoms with E-state index in [1.165, 1.54) is 6.20 Å². The molecular formula is C19H21N5O3. The van der Waals surface area contributed by atoms with E-state index in [1.807, 2.05) is 36.5 Å². The molecule has 8 nitrogen and oxygen atoms in total. The van der Waals surface area contributed by atoms with Crippen molar-refractivity contribution in [2.24, 2.45) is 0 Å². The van der Waals surface area contributed by atoms with E-state index in [4.69, 9.17) is 9.47 Å². The second-order valence-electron chi connectivity index (χ2n) is 5.66. The quantitative estimate of drug-likeness (QED) is 0.597. The van der Waals surface area contributed by atoms with E-state index in [1.54, 1.807) is 30.1 Å². The third kappa shape index (κ3) is 5.55. The molecule has 140 valence electrons.